The molecule has 4 bridgehead atoms. The van der Waals surface area contributed by atoms with E-state index in [-0.39, 0.29) is 23.4 Å². The molecule has 0 aromatic heterocycles. The van der Waals surface area contributed by atoms with Crippen LogP contribution in [0.4, 0.5) is 0 Å². The summed E-state index contributed by atoms with van der Waals surface area (Å²) in [6.45, 7) is 2.46. The van der Waals surface area contributed by atoms with Crippen LogP contribution in [0, 0.1) is 17.8 Å². The minimum Gasteiger partial charge on any atom is -0.345 e. The normalized spacial score (nSPS) is 47.4. The van der Waals surface area contributed by atoms with Crippen LogP contribution in [0.5, 0.6) is 0 Å². The first-order chi connectivity index (χ1) is 9.56. The van der Waals surface area contributed by atoms with Crippen molar-refractivity contribution in [2.24, 2.45) is 17.8 Å². The highest BCUT2D eigenvalue weighted by Crippen LogP contribution is 2.58. The van der Waals surface area contributed by atoms with E-state index in [1.807, 2.05) is 6.92 Å². The second-order valence-electron chi connectivity index (χ2n) is 7.67. The molecule has 1 aliphatic heterocycles. The molecule has 5 aliphatic rings. The fourth-order valence-corrected chi connectivity index (χ4v) is 5.80. The lowest BCUT2D eigenvalue weighted by Crippen LogP contribution is -2.63. The van der Waals surface area contributed by atoms with E-state index in [0.29, 0.717) is 13.0 Å². The Morgan fingerprint density at radius 3 is 2.15 bits per heavy atom. The lowest BCUT2D eigenvalue weighted by Gasteiger charge is -2.60. The lowest BCUT2D eigenvalue weighted by atomic mass is 9.52. The Hall–Kier alpha value is -1.06. The van der Waals surface area contributed by atoms with E-state index in [1.54, 1.807) is 0 Å². The van der Waals surface area contributed by atoms with Crippen LogP contribution in [0.25, 0.3) is 0 Å². The van der Waals surface area contributed by atoms with E-state index in [2.05, 4.69) is 10.2 Å². The summed E-state index contributed by atoms with van der Waals surface area (Å²) < 4.78 is 0. The first-order valence-electron chi connectivity index (χ1n) is 8.16. The largest absolute Gasteiger partial charge is 0.345 e. The molecule has 0 aromatic rings. The van der Waals surface area contributed by atoms with Crippen molar-refractivity contribution in [2.75, 3.05) is 6.54 Å². The number of rotatable bonds is 1. The summed E-state index contributed by atoms with van der Waals surface area (Å²) in [6, 6.07) is -0.349. The second-order valence-corrected chi connectivity index (χ2v) is 7.67. The highest BCUT2D eigenvalue weighted by Gasteiger charge is 2.55. The molecule has 5 rings (SSSR count). The molecule has 4 saturated carbocycles. The molecule has 0 spiro atoms. The first kappa shape index (κ1) is 12.7. The Kier molecular flexibility index (Phi) is 2.67. The number of carbonyl (C=O) groups excluding carboxylic acids is 2. The lowest BCUT2D eigenvalue weighted by molar-refractivity contribution is -0.151. The van der Waals surface area contributed by atoms with Gasteiger partial charge in [-0.05, 0) is 63.2 Å². The van der Waals surface area contributed by atoms with Crippen LogP contribution in [-0.2, 0) is 9.59 Å². The van der Waals surface area contributed by atoms with E-state index in [9.17, 15) is 9.59 Å². The SMILES string of the molecule is CC1NC(=O)CCN(C23CC4CC(CC(C4)C2)C3)C1=O. The molecular weight excluding hydrogens is 252 g/mol. The van der Waals surface area contributed by atoms with Gasteiger partial charge in [0.2, 0.25) is 11.8 Å². The van der Waals surface area contributed by atoms with Gasteiger partial charge in [-0.25, -0.2) is 0 Å². The standard InChI is InChI=1S/C16H24N2O2/c1-10-15(20)18(3-2-14(19)17-10)16-7-11-4-12(8-16)6-13(5-11)9-16/h10-13H,2-9H2,1H3,(H,17,19). The number of nitrogens with one attached hydrogen (secondary N) is 1. The molecule has 1 N–H and O–H groups in total. The predicted octanol–water partition coefficient (Wildman–Crippen LogP) is 1.69. The van der Waals surface area contributed by atoms with Gasteiger partial charge >= 0.3 is 0 Å². The number of carbonyl (C=O) groups is 2. The van der Waals surface area contributed by atoms with Gasteiger partial charge in [-0.2, -0.15) is 0 Å². The van der Waals surface area contributed by atoms with Crippen molar-refractivity contribution < 1.29 is 9.59 Å². The monoisotopic (exact) mass is 276 g/mol. The molecule has 4 nitrogen and oxygen atoms in total. The summed E-state index contributed by atoms with van der Waals surface area (Å²) in [4.78, 5) is 26.6. The van der Waals surface area contributed by atoms with Crippen molar-refractivity contribution in [1.82, 2.24) is 10.2 Å². The number of amides is 2. The summed E-state index contributed by atoms with van der Waals surface area (Å²) in [5.41, 5.74) is 0.0897. The topological polar surface area (TPSA) is 49.4 Å². The predicted molar refractivity (Wildman–Crippen MR) is 74.8 cm³/mol. The Balaban J connectivity index is 1.65. The van der Waals surface area contributed by atoms with Crippen LogP contribution in [0.2, 0.25) is 0 Å². The molecule has 4 aliphatic carbocycles. The molecule has 110 valence electrons. The van der Waals surface area contributed by atoms with E-state index >= 15 is 0 Å². The molecule has 5 fully saturated rings. The highest BCUT2D eigenvalue weighted by molar-refractivity contribution is 5.90. The molecule has 0 radical (unpaired) electrons. The van der Waals surface area contributed by atoms with E-state index in [4.69, 9.17) is 0 Å². The van der Waals surface area contributed by atoms with Gasteiger partial charge in [-0.1, -0.05) is 0 Å². The average molecular weight is 276 g/mol. The molecule has 20 heavy (non-hydrogen) atoms. The van der Waals surface area contributed by atoms with Gasteiger partial charge in [0.1, 0.15) is 6.04 Å². The van der Waals surface area contributed by atoms with Gasteiger partial charge in [-0.15, -0.1) is 0 Å². The zero-order valence-corrected chi connectivity index (χ0v) is 12.2. The average Bonchev–Trinajstić information content (AvgIpc) is 2.48. The summed E-state index contributed by atoms with van der Waals surface area (Å²) in [5, 5.41) is 2.82. The summed E-state index contributed by atoms with van der Waals surface area (Å²) >= 11 is 0. The van der Waals surface area contributed by atoms with Gasteiger partial charge in [0.15, 0.2) is 0 Å². The van der Waals surface area contributed by atoms with Crippen LogP contribution in [0.3, 0.4) is 0 Å². The Labute approximate surface area is 120 Å². The molecule has 1 unspecified atom stereocenters. The molecular formula is C16H24N2O2. The van der Waals surface area contributed by atoms with Gasteiger partial charge in [-0.3, -0.25) is 9.59 Å². The van der Waals surface area contributed by atoms with Crippen molar-refractivity contribution in [3.63, 3.8) is 0 Å². The highest BCUT2D eigenvalue weighted by atomic mass is 16.2. The van der Waals surface area contributed by atoms with E-state index in [1.165, 1.54) is 38.5 Å². The Morgan fingerprint density at radius 1 is 1.05 bits per heavy atom. The second kappa shape index (κ2) is 4.22. The van der Waals surface area contributed by atoms with E-state index < -0.39 is 0 Å². The summed E-state index contributed by atoms with van der Waals surface area (Å²) in [5.74, 6) is 2.67. The Morgan fingerprint density at radius 2 is 1.60 bits per heavy atom. The van der Waals surface area contributed by atoms with Crippen molar-refractivity contribution >= 4 is 11.8 Å². The van der Waals surface area contributed by atoms with Crippen molar-refractivity contribution in [1.29, 1.82) is 0 Å². The molecule has 2 amide bonds. The van der Waals surface area contributed by atoms with Crippen molar-refractivity contribution in [2.45, 2.75) is 63.5 Å². The maximum atomic E-state index is 12.7. The van der Waals surface area contributed by atoms with Gasteiger partial charge in [0.25, 0.3) is 0 Å². The summed E-state index contributed by atoms with van der Waals surface area (Å²) in [7, 11) is 0. The molecule has 1 atom stereocenters. The zero-order valence-electron chi connectivity index (χ0n) is 12.2. The van der Waals surface area contributed by atoms with Crippen LogP contribution < -0.4 is 5.32 Å². The smallest absolute Gasteiger partial charge is 0.245 e. The third-order valence-corrected chi connectivity index (χ3v) is 6.15. The molecule has 1 heterocycles. The quantitative estimate of drug-likeness (QED) is 0.792. The maximum absolute atomic E-state index is 12.7. The van der Waals surface area contributed by atoms with Crippen molar-refractivity contribution in [3.8, 4) is 0 Å². The first-order valence-corrected chi connectivity index (χ1v) is 8.16. The molecule has 0 aromatic carbocycles. The van der Waals surface area contributed by atoms with Gasteiger partial charge in [0.05, 0.1) is 0 Å². The van der Waals surface area contributed by atoms with Crippen LogP contribution in [0.1, 0.15) is 51.9 Å². The van der Waals surface area contributed by atoms with Crippen LogP contribution >= 0.6 is 0 Å². The molecule has 4 heteroatoms. The number of nitrogens with zero attached hydrogens (tertiary/aromatic N) is 1. The Bertz CT molecular complexity index is 424. The fourth-order valence-electron chi connectivity index (χ4n) is 5.80. The fraction of sp³-hybridized carbons (Fsp3) is 0.875. The maximum Gasteiger partial charge on any atom is 0.245 e. The summed E-state index contributed by atoms with van der Waals surface area (Å²) in [6.07, 6.45) is 8.18. The minimum atomic E-state index is -0.349. The van der Waals surface area contributed by atoms with Gasteiger partial charge in [0, 0.05) is 18.5 Å². The van der Waals surface area contributed by atoms with E-state index in [0.717, 1.165) is 17.8 Å². The van der Waals surface area contributed by atoms with Crippen molar-refractivity contribution in [3.05, 3.63) is 0 Å². The van der Waals surface area contributed by atoms with Crippen LogP contribution in [0.15, 0.2) is 0 Å². The third kappa shape index (κ3) is 1.80. The minimum absolute atomic E-state index is 0.0260. The molecule has 1 saturated heterocycles. The van der Waals surface area contributed by atoms with Gasteiger partial charge < -0.3 is 10.2 Å². The third-order valence-electron chi connectivity index (χ3n) is 6.15. The van der Waals surface area contributed by atoms with Crippen LogP contribution in [-0.4, -0.2) is 34.8 Å². The number of hydrogen-bond donors (Lipinski definition) is 1. The zero-order chi connectivity index (χ0) is 13.9. The number of hydrogen-bond acceptors (Lipinski definition) is 2.